The van der Waals surface area contributed by atoms with Crippen molar-refractivity contribution in [2.45, 2.75) is 39.0 Å². The molecule has 1 fully saturated rings. The zero-order valence-electron chi connectivity index (χ0n) is 11.9. The van der Waals surface area contributed by atoms with Crippen LogP contribution < -0.4 is 0 Å². The minimum atomic E-state index is -0.0295. The van der Waals surface area contributed by atoms with E-state index in [9.17, 15) is 9.90 Å². The summed E-state index contributed by atoms with van der Waals surface area (Å²) >= 11 is 2.17. The molecule has 1 N–H and O–H groups in total. The molecule has 110 valence electrons. The normalized spacial score (nSPS) is 19.7. The second-order valence-corrected chi connectivity index (χ2v) is 6.78. The number of nitrogens with zero attached hydrogens (tertiary/aromatic N) is 1. The van der Waals surface area contributed by atoms with E-state index in [1.807, 2.05) is 11.0 Å². The number of carbonyl (C=O) groups excluding carboxylic acids is 1. The quantitative estimate of drug-likeness (QED) is 0.796. The van der Waals surface area contributed by atoms with E-state index in [4.69, 9.17) is 0 Å². The average molecular weight is 387 g/mol. The van der Waals surface area contributed by atoms with Crippen LogP contribution in [0.1, 0.15) is 49.4 Å². The van der Waals surface area contributed by atoms with Gasteiger partial charge in [0.25, 0.3) is 5.91 Å². The smallest absolute Gasteiger partial charge is 0.257 e. The number of benzene rings is 1. The van der Waals surface area contributed by atoms with Crippen LogP contribution >= 0.6 is 22.6 Å². The zero-order valence-corrected chi connectivity index (χ0v) is 14.1. The van der Waals surface area contributed by atoms with Gasteiger partial charge in [0.05, 0.1) is 5.56 Å². The van der Waals surface area contributed by atoms with Crippen LogP contribution in [0.5, 0.6) is 5.75 Å². The summed E-state index contributed by atoms with van der Waals surface area (Å²) in [6, 6.07) is 5.19. The largest absolute Gasteiger partial charge is 0.507 e. The number of hydrogen-bond donors (Lipinski definition) is 1. The predicted molar refractivity (Wildman–Crippen MR) is 89.0 cm³/mol. The standard InChI is InChI=1S/C16H22INO2/c1-2-4-12-5-3-9-18(10-8-12)16(20)14-11-13(17)6-7-15(14)19/h6-7,11-12,19H,2-5,8-10H2,1H3. The van der Waals surface area contributed by atoms with Gasteiger partial charge in [0.15, 0.2) is 0 Å². The molecule has 0 aliphatic carbocycles. The van der Waals surface area contributed by atoms with Crippen molar-refractivity contribution >= 4 is 28.5 Å². The number of carbonyl (C=O) groups is 1. The molecule has 0 saturated carbocycles. The van der Waals surface area contributed by atoms with Gasteiger partial charge >= 0.3 is 0 Å². The number of phenols is 1. The molecule has 1 saturated heterocycles. The van der Waals surface area contributed by atoms with E-state index < -0.39 is 0 Å². The maximum absolute atomic E-state index is 12.6. The molecule has 0 radical (unpaired) electrons. The maximum atomic E-state index is 12.6. The number of rotatable bonds is 3. The van der Waals surface area contributed by atoms with E-state index in [-0.39, 0.29) is 11.7 Å². The number of amides is 1. The number of halogens is 1. The van der Waals surface area contributed by atoms with E-state index in [1.54, 1.807) is 12.1 Å². The van der Waals surface area contributed by atoms with Crippen molar-refractivity contribution in [2.75, 3.05) is 13.1 Å². The molecule has 1 aliphatic rings. The molecule has 0 spiro atoms. The van der Waals surface area contributed by atoms with Crippen LogP contribution in [0.25, 0.3) is 0 Å². The van der Waals surface area contributed by atoms with Gasteiger partial charge in [0.2, 0.25) is 0 Å². The highest BCUT2D eigenvalue weighted by molar-refractivity contribution is 14.1. The van der Waals surface area contributed by atoms with Gasteiger partial charge in [-0.3, -0.25) is 4.79 Å². The van der Waals surface area contributed by atoms with Crippen LogP contribution in [-0.2, 0) is 0 Å². The van der Waals surface area contributed by atoms with Crippen LogP contribution in [0.15, 0.2) is 18.2 Å². The molecule has 1 atom stereocenters. The summed E-state index contributed by atoms with van der Waals surface area (Å²) in [7, 11) is 0. The van der Waals surface area contributed by atoms with Gasteiger partial charge in [-0.05, 0) is 66.0 Å². The molecular weight excluding hydrogens is 365 g/mol. The molecular formula is C16H22INO2. The van der Waals surface area contributed by atoms with Gasteiger partial charge in [0, 0.05) is 16.7 Å². The second-order valence-electron chi connectivity index (χ2n) is 5.54. The van der Waals surface area contributed by atoms with Crippen LogP contribution in [0.4, 0.5) is 0 Å². The average Bonchev–Trinajstić information content (AvgIpc) is 2.67. The van der Waals surface area contributed by atoms with E-state index in [0.717, 1.165) is 35.4 Å². The predicted octanol–water partition coefficient (Wildman–Crippen LogP) is 4.04. The van der Waals surface area contributed by atoms with Crippen molar-refractivity contribution in [1.29, 1.82) is 0 Å². The number of hydrogen-bond acceptors (Lipinski definition) is 2. The van der Waals surface area contributed by atoms with Crippen molar-refractivity contribution in [2.24, 2.45) is 5.92 Å². The molecule has 1 amide bonds. The summed E-state index contributed by atoms with van der Waals surface area (Å²) in [5, 5.41) is 9.89. The molecule has 20 heavy (non-hydrogen) atoms. The minimum absolute atomic E-state index is 0.0295. The molecule has 1 aliphatic heterocycles. The van der Waals surface area contributed by atoms with Gasteiger partial charge in [-0.15, -0.1) is 0 Å². The van der Waals surface area contributed by atoms with Crippen LogP contribution in [0.2, 0.25) is 0 Å². The van der Waals surface area contributed by atoms with Crippen molar-refractivity contribution in [3.8, 4) is 5.75 Å². The van der Waals surface area contributed by atoms with Crippen LogP contribution in [0, 0.1) is 9.49 Å². The van der Waals surface area contributed by atoms with Crippen molar-refractivity contribution in [3.63, 3.8) is 0 Å². The Bertz CT molecular complexity index is 476. The third-order valence-corrected chi connectivity index (χ3v) is 4.69. The number of likely N-dealkylation sites (tertiary alicyclic amines) is 1. The SMILES string of the molecule is CCCC1CCCN(C(=O)c2cc(I)ccc2O)CC1. The highest BCUT2D eigenvalue weighted by Crippen LogP contribution is 2.25. The Hall–Kier alpha value is -0.780. The number of aromatic hydroxyl groups is 1. The lowest BCUT2D eigenvalue weighted by atomic mass is 9.96. The summed E-state index contributed by atoms with van der Waals surface area (Å²) < 4.78 is 0.974. The Balaban J connectivity index is 2.07. The van der Waals surface area contributed by atoms with Gasteiger partial charge in [0.1, 0.15) is 5.75 Å². The first-order chi connectivity index (χ1) is 9.61. The molecule has 1 heterocycles. The molecule has 0 bridgehead atoms. The van der Waals surface area contributed by atoms with Crippen LogP contribution in [0.3, 0.4) is 0 Å². The lowest BCUT2D eigenvalue weighted by Gasteiger charge is -2.21. The molecule has 2 rings (SSSR count). The Kier molecular flexibility index (Phi) is 5.69. The fourth-order valence-electron chi connectivity index (χ4n) is 2.92. The third kappa shape index (κ3) is 3.87. The van der Waals surface area contributed by atoms with E-state index >= 15 is 0 Å². The molecule has 4 heteroatoms. The molecule has 1 aromatic carbocycles. The maximum Gasteiger partial charge on any atom is 0.257 e. The minimum Gasteiger partial charge on any atom is -0.507 e. The van der Waals surface area contributed by atoms with E-state index in [2.05, 4.69) is 29.5 Å². The zero-order chi connectivity index (χ0) is 14.5. The topological polar surface area (TPSA) is 40.5 Å². The lowest BCUT2D eigenvalue weighted by molar-refractivity contribution is 0.0756. The van der Waals surface area contributed by atoms with Gasteiger partial charge < -0.3 is 10.0 Å². The fourth-order valence-corrected chi connectivity index (χ4v) is 3.41. The highest BCUT2D eigenvalue weighted by atomic mass is 127. The lowest BCUT2D eigenvalue weighted by Crippen LogP contribution is -2.32. The first-order valence-electron chi connectivity index (χ1n) is 7.39. The molecule has 3 nitrogen and oxygen atoms in total. The summed E-state index contributed by atoms with van der Waals surface area (Å²) in [6.45, 7) is 3.84. The first-order valence-corrected chi connectivity index (χ1v) is 8.47. The Labute approximate surface area is 134 Å². The highest BCUT2D eigenvalue weighted by Gasteiger charge is 2.23. The number of phenolic OH excluding ortho intramolecular Hbond substituents is 1. The van der Waals surface area contributed by atoms with Crippen LogP contribution in [-0.4, -0.2) is 29.0 Å². The summed E-state index contributed by atoms with van der Waals surface area (Å²) in [6.07, 6.45) is 5.86. The Morgan fingerprint density at radius 1 is 1.40 bits per heavy atom. The summed E-state index contributed by atoms with van der Waals surface area (Å²) in [4.78, 5) is 14.5. The van der Waals surface area contributed by atoms with Crippen molar-refractivity contribution < 1.29 is 9.90 Å². The van der Waals surface area contributed by atoms with E-state index in [0.29, 0.717) is 5.56 Å². The monoisotopic (exact) mass is 387 g/mol. The molecule has 1 unspecified atom stereocenters. The Morgan fingerprint density at radius 2 is 2.20 bits per heavy atom. The Morgan fingerprint density at radius 3 is 2.95 bits per heavy atom. The molecule has 1 aromatic rings. The first kappa shape index (κ1) is 15.6. The van der Waals surface area contributed by atoms with Crippen molar-refractivity contribution in [1.82, 2.24) is 4.90 Å². The fraction of sp³-hybridized carbons (Fsp3) is 0.562. The summed E-state index contributed by atoms with van der Waals surface area (Å²) in [5.74, 6) is 0.810. The van der Waals surface area contributed by atoms with E-state index in [1.165, 1.54) is 19.3 Å². The second kappa shape index (κ2) is 7.29. The van der Waals surface area contributed by atoms with Gasteiger partial charge in [-0.1, -0.05) is 19.8 Å². The van der Waals surface area contributed by atoms with Gasteiger partial charge in [-0.25, -0.2) is 0 Å². The third-order valence-electron chi connectivity index (χ3n) is 4.02. The summed E-state index contributed by atoms with van der Waals surface area (Å²) in [5.41, 5.74) is 0.436. The molecule has 0 aromatic heterocycles. The van der Waals surface area contributed by atoms with Gasteiger partial charge in [-0.2, -0.15) is 0 Å². The van der Waals surface area contributed by atoms with Crippen molar-refractivity contribution in [3.05, 3.63) is 27.3 Å².